The first kappa shape index (κ1) is 24.9. The number of thioether (sulfide) groups is 1. The molecule has 33 heavy (non-hydrogen) atoms. The maximum atomic E-state index is 13.1. The highest BCUT2D eigenvalue weighted by Crippen LogP contribution is 2.52. The molecule has 0 spiro atoms. The van der Waals surface area contributed by atoms with Crippen LogP contribution in [-0.4, -0.2) is 71.6 Å². The molecule has 0 bridgehead atoms. The fourth-order valence-electron chi connectivity index (χ4n) is 4.35. The van der Waals surface area contributed by atoms with E-state index in [1.165, 1.54) is 30.5 Å². The van der Waals surface area contributed by atoms with Crippen molar-refractivity contribution in [2.75, 3.05) is 13.2 Å². The van der Waals surface area contributed by atoms with Gasteiger partial charge in [-0.05, 0) is 13.8 Å². The highest BCUT2D eigenvalue weighted by molar-refractivity contribution is 8.03. The third-order valence-corrected chi connectivity index (χ3v) is 7.16. The van der Waals surface area contributed by atoms with Gasteiger partial charge >= 0.3 is 18.1 Å². The van der Waals surface area contributed by atoms with Gasteiger partial charge in [-0.15, -0.1) is 11.8 Å². The standard InChI is InChI=1S/C21H28N2O9S/c1-6-29-21(28)32-12(5)31-20(27)17-18(33-13-7-14(25)22-8-13)9(2)16-15(19(26)23(16)17)10(3)30-11(4)24/h9-10,12-13,15-16H,6-8H2,1-5H3,(H,22,25)/t9-,10-,12?,13?,15?,16?/m1/s1. The number of fused-ring (bicyclic) bond motifs is 1. The summed E-state index contributed by atoms with van der Waals surface area (Å²) in [5, 5.41) is 2.65. The molecule has 12 heteroatoms. The fourth-order valence-corrected chi connectivity index (χ4v) is 5.76. The molecule has 0 aromatic carbocycles. The van der Waals surface area contributed by atoms with Crippen molar-refractivity contribution in [3.8, 4) is 0 Å². The number of carbonyl (C=O) groups excluding carboxylic acids is 5. The second-order valence-corrected chi connectivity index (χ2v) is 9.40. The average molecular weight is 485 g/mol. The Bertz CT molecular complexity index is 889. The molecule has 2 fully saturated rings. The van der Waals surface area contributed by atoms with Gasteiger partial charge in [0.25, 0.3) is 0 Å². The Morgan fingerprint density at radius 2 is 1.88 bits per heavy atom. The molecule has 3 heterocycles. The lowest BCUT2D eigenvalue weighted by molar-refractivity contribution is -0.177. The molecule has 2 amide bonds. The zero-order valence-corrected chi connectivity index (χ0v) is 19.9. The number of carbonyl (C=O) groups is 5. The summed E-state index contributed by atoms with van der Waals surface area (Å²) in [6.45, 7) is 8.31. The van der Waals surface area contributed by atoms with Crippen molar-refractivity contribution in [3.05, 3.63) is 10.6 Å². The van der Waals surface area contributed by atoms with Crippen molar-refractivity contribution in [1.29, 1.82) is 0 Å². The monoisotopic (exact) mass is 484 g/mol. The van der Waals surface area contributed by atoms with Crippen LogP contribution in [0.4, 0.5) is 4.79 Å². The summed E-state index contributed by atoms with van der Waals surface area (Å²) in [5.41, 5.74) is 0.0624. The topological polar surface area (TPSA) is 138 Å². The van der Waals surface area contributed by atoms with Gasteiger partial charge in [-0.3, -0.25) is 14.4 Å². The van der Waals surface area contributed by atoms with Gasteiger partial charge in [-0.2, -0.15) is 0 Å². The quantitative estimate of drug-likeness (QED) is 0.232. The van der Waals surface area contributed by atoms with Crippen molar-refractivity contribution in [3.63, 3.8) is 0 Å². The third-order valence-electron chi connectivity index (χ3n) is 5.67. The van der Waals surface area contributed by atoms with E-state index in [2.05, 4.69) is 10.1 Å². The summed E-state index contributed by atoms with van der Waals surface area (Å²) in [7, 11) is 0. The Kier molecular flexibility index (Phi) is 7.55. The molecule has 4 unspecified atom stereocenters. The fraction of sp³-hybridized carbons (Fsp3) is 0.667. The second kappa shape index (κ2) is 10.0. The van der Waals surface area contributed by atoms with Crippen LogP contribution in [0.25, 0.3) is 0 Å². The van der Waals surface area contributed by atoms with E-state index in [9.17, 15) is 24.0 Å². The van der Waals surface area contributed by atoms with Crippen LogP contribution in [0, 0.1) is 11.8 Å². The Morgan fingerprint density at radius 1 is 1.18 bits per heavy atom. The van der Waals surface area contributed by atoms with Crippen LogP contribution in [0.1, 0.15) is 41.0 Å². The van der Waals surface area contributed by atoms with Gasteiger partial charge in [-0.25, -0.2) is 9.59 Å². The lowest BCUT2D eigenvalue weighted by atomic mass is 9.79. The Morgan fingerprint density at radius 3 is 2.45 bits per heavy atom. The van der Waals surface area contributed by atoms with Crippen molar-refractivity contribution in [2.45, 2.75) is 64.7 Å². The molecule has 0 radical (unpaired) electrons. The van der Waals surface area contributed by atoms with E-state index in [0.29, 0.717) is 11.4 Å². The van der Waals surface area contributed by atoms with Gasteiger partial charge in [0.05, 0.1) is 18.6 Å². The second-order valence-electron chi connectivity index (χ2n) is 8.06. The van der Waals surface area contributed by atoms with Crippen LogP contribution >= 0.6 is 11.8 Å². The van der Waals surface area contributed by atoms with Crippen molar-refractivity contribution >= 4 is 41.7 Å². The number of rotatable bonds is 8. The van der Waals surface area contributed by atoms with E-state index in [0.717, 1.165) is 0 Å². The summed E-state index contributed by atoms with van der Waals surface area (Å²) in [6.07, 6.45) is -2.60. The van der Waals surface area contributed by atoms with Gasteiger partial charge in [-0.1, -0.05) is 6.92 Å². The highest BCUT2D eigenvalue weighted by atomic mass is 32.2. The van der Waals surface area contributed by atoms with Gasteiger partial charge in [0.15, 0.2) is 0 Å². The molecular weight excluding hydrogens is 456 g/mol. The van der Waals surface area contributed by atoms with E-state index in [-0.39, 0.29) is 41.7 Å². The maximum absolute atomic E-state index is 13.1. The van der Waals surface area contributed by atoms with E-state index < -0.39 is 42.4 Å². The first-order chi connectivity index (χ1) is 15.5. The minimum absolute atomic E-state index is 0.0624. The van der Waals surface area contributed by atoms with Gasteiger partial charge in [0, 0.05) is 42.9 Å². The molecule has 0 aliphatic carbocycles. The van der Waals surface area contributed by atoms with E-state index in [1.807, 2.05) is 6.92 Å². The van der Waals surface area contributed by atoms with Crippen LogP contribution in [0.2, 0.25) is 0 Å². The molecule has 11 nitrogen and oxygen atoms in total. The molecular formula is C21H28N2O9S. The van der Waals surface area contributed by atoms with Gasteiger partial charge < -0.3 is 29.2 Å². The van der Waals surface area contributed by atoms with Gasteiger partial charge in [0.1, 0.15) is 11.8 Å². The van der Waals surface area contributed by atoms with Gasteiger partial charge in [0.2, 0.25) is 18.1 Å². The zero-order chi connectivity index (χ0) is 24.4. The summed E-state index contributed by atoms with van der Waals surface area (Å²) in [6, 6.07) is -0.400. The molecule has 0 aromatic rings. The Balaban J connectivity index is 1.83. The number of ether oxygens (including phenoxy) is 4. The number of nitrogens with zero attached hydrogens (tertiary/aromatic N) is 1. The van der Waals surface area contributed by atoms with Crippen LogP contribution in [0.15, 0.2) is 10.6 Å². The zero-order valence-electron chi connectivity index (χ0n) is 19.1. The number of hydrogen-bond acceptors (Lipinski definition) is 10. The Labute approximate surface area is 195 Å². The predicted molar refractivity (Wildman–Crippen MR) is 114 cm³/mol. The van der Waals surface area contributed by atoms with Crippen LogP contribution in [0.3, 0.4) is 0 Å². The Hall–Kier alpha value is -2.76. The molecule has 3 rings (SSSR count). The maximum Gasteiger partial charge on any atom is 0.511 e. The molecule has 3 aliphatic rings. The SMILES string of the molecule is CCOC(=O)OC(C)OC(=O)C1=C(SC2CNC(=O)C2)[C@H](C)C2C([C@@H](C)OC(C)=O)C(=O)N12. The van der Waals surface area contributed by atoms with Crippen molar-refractivity contribution < 1.29 is 42.9 Å². The number of amides is 2. The van der Waals surface area contributed by atoms with E-state index in [1.54, 1.807) is 13.8 Å². The minimum Gasteiger partial charge on any atom is -0.462 e. The number of nitrogens with one attached hydrogen (secondary N) is 1. The van der Waals surface area contributed by atoms with Crippen LogP contribution < -0.4 is 5.32 Å². The third kappa shape index (κ3) is 5.10. The van der Waals surface area contributed by atoms with Crippen molar-refractivity contribution in [2.24, 2.45) is 11.8 Å². The first-order valence-corrected chi connectivity index (χ1v) is 11.6. The molecule has 0 aromatic heterocycles. The minimum atomic E-state index is -1.24. The predicted octanol–water partition coefficient (Wildman–Crippen LogP) is 1.31. The normalized spacial score (nSPS) is 27.8. The number of esters is 2. The van der Waals surface area contributed by atoms with Crippen LogP contribution in [0.5, 0.6) is 0 Å². The molecule has 182 valence electrons. The van der Waals surface area contributed by atoms with Crippen LogP contribution in [-0.2, 0) is 38.1 Å². The summed E-state index contributed by atoms with van der Waals surface area (Å²) in [4.78, 5) is 62.7. The smallest absolute Gasteiger partial charge is 0.462 e. The first-order valence-electron chi connectivity index (χ1n) is 10.8. The average Bonchev–Trinajstić information content (AvgIpc) is 3.21. The van der Waals surface area contributed by atoms with E-state index >= 15 is 0 Å². The molecule has 1 N–H and O–H groups in total. The summed E-state index contributed by atoms with van der Waals surface area (Å²) in [5.74, 6) is -2.63. The number of β-lactam (4-membered cyclic amide) rings is 1. The molecule has 3 aliphatic heterocycles. The summed E-state index contributed by atoms with van der Waals surface area (Å²) < 4.78 is 20.1. The molecule has 6 atom stereocenters. The lowest BCUT2D eigenvalue weighted by Crippen LogP contribution is -2.64. The van der Waals surface area contributed by atoms with E-state index in [4.69, 9.17) is 14.2 Å². The largest absolute Gasteiger partial charge is 0.511 e. The summed E-state index contributed by atoms with van der Waals surface area (Å²) >= 11 is 1.35. The molecule has 0 saturated carbocycles. The highest BCUT2D eigenvalue weighted by Gasteiger charge is 2.61. The number of hydrogen-bond donors (Lipinski definition) is 1. The lowest BCUT2D eigenvalue weighted by Gasteiger charge is -2.47. The van der Waals surface area contributed by atoms with Crippen molar-refractivity contribution in [1.82, 2.24) is 10.2 Å². The molecule has 2 saturated heterocycles.